The highest BCUT2D eigenvalue weighted by atomic mass is 14.8. The van der Waals surface area contributed by atoms with Gasteiger partial charge in [0.05, 0.1) is 22.8 Å². The van der Waals surface area contributed by atoms with Crippen LogP contribution in [0.25, 0.3) is 46.4 Å². The Bertz CT molecular complexity index is 1250. The molecule has 4 nitrogen and oxygen atoms in total. The van der Waals surface area contributed by atoms with Gasteiger partial charge in [-0.15, -0.1) is 0 Å². The van der Waals surface area contributed by atoms with Crippen molar-refractivity contribution in [3.63, 3.8) is 0 Å². The predicted molar refractivity (Wildman–Crippen MR) is 113 cm³/mol. The Hall–Kier alpha value is -3.40. The van der Waals surface area contributed by atoms with E-state index in [2.05, 4.69) is 65.2 Å². The van der Waals surface area contributed by atoms with Crippen LogP contribution in [0, 0.1) is 0 Å². The number of aromatic nitrogens is 4. The van der Waals surface area contributed by atoms with Crippen molar-refractivity contribution in [3.05, 3.63) is 70.8 Å². The number of nitrogens with one attached hydrogen (secondary N) is 2. The number of hydrogen-bond donors (Lipinski definition) is 2. The van der Waals surface area contributed by atoms with E-state index in [-0.39, 0.29) is 0 Å². The highest BCUT2D eigenvalue weighted by molar-refractivity contribution is 5.78. The molecular weight excluding hydrogens is 332 g/mol. The molecule has 0 saturated carbocycles. The summed E-state index contributed by atoms with van der Waals surface area (Å²) in [5.41, 5.74) is 9.30. The molecule has 0 saturated heterocycles. The van der Waals surface area contributed by atoms with Gasteiger partial charge in [-0.1, -0.05) is 13.8 Å². The number of aromatic amines is 2. The van der Waals surface area contributed by atoms with Gasteiger partial charge in [0.15, 0.2) is 0 Å². The van der Waals surface area contributed by atoms with E-state index in [1.165, 1.54) is 5.56 Å². The van der Waals surface area contributed by atoms with Crippen LogP contribution >= 0.6 is 0 Å². The van der Waals surface area contributed by atoms with Crippen LogP contribution in [-0.4, -0.2) is 19.9 Å². The van der Waals surface area contributed by atoms with Gasteiger partial charge in [0.2, 0.25) is 0 Å². The lowest BCUT2D eigenvalue weighted by Gasteiger charge is -2.00. The van der Waals surface area contributed by atoms with Crippen LogP contribution in [0.15, 0.2) is 42.5 Å². The van der Waals surface area contributed by atoms with Crippen LogP contribution in [0.5, 0.6) is 0 Å². The Kier molecular flexibility index (Phi) is 3.57. The van der Waals surface area contributed by atoms with Crippen LogP contribution in [-0.2, 0) is 0 Å². The number of fused-ring (bicyclic) bond motifs is 8. The first-order valence-corrected chi connectivity index (χ1v) is 9.21. The maximum absolute atomic E-state index is 4.72. The van der Waals surface area contributed by atoms with Crippen molar-refractivity contribution >= 4 is 46.4 Å². The van der Waals surface area contributed by atoms with Crippen LogP contribution in [0.1, 0.15) is 48.1 Å². The van der Waals surface area contributed by atoms with E-state index in [0.29, 0.717) is 5.92 Å². The molecule has 2 aliphatic rings. The van der Waals surface area contributed by atoms with Crippen molar-refractivity contribution in [2.45, 2.75) is 19.8 Å². The van der Waals surface area contributed by atoms with Crippen LogP contribution < -0.4 is 0 Å². The number of rotatable bonds is 1. The van der Waals surface area contributed by atoms with Gasteiger partial charge in [-0.2, -0.15) is 0 Å². The molecule has 2 aliphatic heterocycles. The third-order valence-corrected chi connectivity index (χ3v) is 4.82. The molecule has 0 atom stereocenters. The standard InChI is InChI=1S/C23H20N4/c1-14(2)22-12-21-11-19-6-5-17(25-19)9-15-3-4-16(24-15)10-18-7-8-20(26-18)13-23(22)27-21/h3-14,25,27H,1-2H3. The number of hydrogen-bond acceptors (Lipinski definition) is 2. The minimum atomic E-state index is 0.428. The largest absolute Gasteiger partial charge is 0.355 e. The fourth-order valence-corrected chi connectivity index (χ4v) is 3.52. The lowest BCUT2D eigenvalue weighted by atomic mass is 10.1. The summed E-state index contributed by atoms with van der Waals surface area (Å²) >= 11 is 0. The summed E-state index contributed by atoms with van der Waals surface area (Å²) in [5.74, 6) is 0.428. The Balaban J connectivity index is 1.86. The molecule has 3 aromatic heterocycles. The van der Waals surface area contributed by atoms with E-state index in [0.717, 1.165) is 44.8 Å². The van der Waals surface area contributed by atoms with Gasteiger partial charge in [-0.3, -0.25) is 0 Å². The Morgan fingerprint density at radius 3 is 1.89 bits per heavy atom. The monoisotopic (exact) mass is 352 g/mol. The summed E-state index contributed by atoms with van der Waals surface area (Å²) in [6.07, 6.45) is 8.12. The maximum Gasteiger partial charge on any atom is 0.0659 e. The van der Waals surface area contributed by atoms with Gasteiger partial charge in [-0.25, -0.2) is 9.97 Å². The third-order valence-electron chi connectivity index (χ3n) is 4.82. The van der Waals surface area contributed by atoms with E-state index in [4.69, 9.17) is 4.98 Å². The molecule has 0 radical (unpaired) electrons. The normalized spacial score (nSPS) is 12.9. The zero-order valence-corrected chi connectivity index (χ0v) is 15.3. The summed E-state index contributed by atoms with van der Waals surface area (Å²) in [4.78, 5) is 16.4. The lowest BCUT2D eigenvalue weighted by Crippen LogP contribution is -1.84. The number of nitrogens with zero attached hydrogens (tertiary/aromatic N) is 2. The topological polar surface area (TPSA) is 57.4 Å². The minimum Gasteiger partial charge on any atom is -0.355 e. The summed E-state index contributed by atoms with van der Waals surface area (Å²) in [6.45, 7) is 4.43. The van der Waals surface area contributed by atoms with E-state index in [1.54, 1.807) is 0 Å². The average molecular weight is 352 g/mol. The molecular formula is C23H20N4. The van der Waals surface area contributed by atoms with Crippen LogP contribution in [0.2, 0.25) is 0 Å². The SMILES string of the molecule is CC(C)c1cc2cc3ccc(cc4nc(cc5nc(cc1[nH]2)C=C5)C=C4)[nH]3. The Labute approximate surface area is 157 Å². The van der Waals surface area contributed by atoms with Crippen LogP contribution in [0.3, 0.4) is 0 Å². The van der Waals surface area contributed by atoms with Gasteiger partial charge >= 0.3 is 0 Å². The molecule has 27 heavy (non-hydrogen) atoms. The molecule has 0 aromatic carbocycles. The van der Waals surface area contributed by atoms with Crippen molar-refractivity contribution in [3.8, 4) is 0 Å². The fraction of sp³-hybridized carbons (Fsp3) is 0.130. The maximum atomic E-state index is 4.72. The van der Waals surface area contributed by atoms with Crippen molar-refractivity contribution in [2.75, 3.05) is 0 Å². The molecule has 4 heteroatoms. The summed E-state index contributed by atoms with van der Waals surface area (Å²) in [7, 11) is 0. The first-order chi connectivity index (χ1) is 13.1. The summed E-state index contributed by atoms with van der Waals surface area (Å²) < 4.78 is 0. The van der Waals surface area contributed by atoms with Gasteiger partial charge in [-0.05, 0) is 78.3 Å². The molecule has 0 spiro atoms. The van der Waals surface area contributed by atoms with E-state index < -0.39 is 0 Å². The van der Waals surface area contributed by atoms with Crippen molar-refractivity contribution < 1.29 is 0 Å². The molecule has 5 rings (SSSR count). The fourth-order valence-electron chi connectivity index (χ4n) is 3.52. The molecule has 0 aliphatic carbocycles. The average Bonchev–Trinajstić information content (AvgIpc) is 3.38. The Morgan fingerprint density at radius 2 is 1.22 bits per heavy atom. The second kappa shape index (κ2) is 6.09. The van der Waals surface area contributed by atoms with Crippen molar-refractivity contribution in [2.24, 2.45) is 0 Å². The Morgan fingerprint density at radius 1 is 0.630 bits per heavy atom. The van der Waals surface area contributed by atoms with Gasteiger partial charge < -0.3 is 9.97 Å². The molecule has 0 unspecified atom stereocenters. The van der Waals surface area contributed by atoms with Crippen LogP contribution in [0.4, 0.5) is 0 Å². The van der Waals surface area contributed by atoms with Crippen molar-refractivity contribution in [1.29, 1.82) is 0 Å². The van der Waals surface area contributed by atoms with E-state index in [9.17, 15) is 0 Å². The molecule has 0 amide bonds. The second-order valence-corrected chi connectivity index (χ2v) is 7.28. The van der Waals surface area contributed by atoms with Gasteiger partial charge in [0, 0.05) is 22.1 Å². The zero-order chi connectivity index (χ0) is 18.4. The van der Waals surface area contributed by atoms with Crippen molar-refractivity contribution in [1.82, 2.24) is 19.9 Å². The zero-order valence-electron chi connectivity index (χ0n) is 15.3. The van der Waals surface area contributed by atoms with Gasteiger partial charge in [0.1, 0.15) is 0 Å². The summed E-state index contributed by atoms with van der Waals surface area (Å²) in [5, 5.41) is 0. The third kappa shape index (κ3) is 3.10. The molecule has 0 fully saturated rings. The quantitative estimate of drug-likeness (QED) is 0.402. The number of H-pyrrole nitrogens is 2. The lowest BCUT2D eigenvalue weighted by molar-refractivity contribution is 0.878. The smallest absolute Gasteiger partial charge is 0.0659 e. The van der Waals surface area contributed by atoms with E-state index >= 15 is 0 Å². The molecule has 5 heterocycles. The molecule has 132 valence electrons. The minimum absolute atomic E-state index is 0.428. The molecule has 8 bridgehead atoms. The predicted octanol–water partition coefficient (Wildman–Crippen LogP) is 5.78. The second-order valence-electron chi connectivity index (χ2n) is 7.28. The first-order valence-electron chi connectivity index (χ1n) is 9.21. The highest BCUT2D eigenvalue weighted by Crippen LogP contribution is 2.24. The first kappa shape index (κ1) is 15.8. The molecule has 3 aromatic rings. The van der Waals surface area contributed by atoms with E-state index in [1.807, 2.05) is 30.4 Å². The highest BCUT2D eigenvalue weighted by Gasteiger charge is 2.07. The van der Waals surface area contributed by atoms with Gasteiger partial charge in [0.25, 0.3) is 0 Å². The summed E-state index contributed by atoms with van der Waals surface area (Å²) in [6, 6.07) is 14.7. The molecule has 2 N–H and O–H groups in total.